The number of rotatable bonds is 5. The first-order valence-electron chi connectivity index (χ1n) is 10.2. The summed E-state index contributed by atoms with van der Waals surface area (Å²) in [4.78, 5) is 28.8. The lowest BCUT2D eigenvalue weighted by Crippen LogP contribution is -2.31. The Morgan fingerprint density at radius 1 is 1.09 bits per heavy atom. The van der Waals surface area contributed by atoms with Gasteiger partial charge >= 0.3 is 0 Å². The molecule has 0 radical (unpaired) electrons. The number of carbonyl (C=O) groups is 2. The summed E-state index contributed by atoms with van der Waals surface area (Å²) in [5.41, 5.74) is 4.37. The highest BCUT2D eigenvalue weighted by atomic mass is 32.2. The van der Waals surface area contributed by atoms with E-state index in [-0.39, 0.29) is 11.8 Å². The monoisotopic (exact) mass is 444 g/mol. The normalized spacial score (nSPS) is 14.3. The van der Waals surface area contributed by atoms with Crippen molar-refractivity contribution in [2.75, 3.05) is 19.1 Å². The van der Waals surface area contributed by atoms with Gasteiger partial charge in [-0.3, -0.25) is 9.59 Å². The van der Waals surface area contributed by atoms with Gasteiger partial charge in [-0.1, -0.05) is 53.7 Å². The third-order valence-corrected chi connectivity index (χ3v) is 6.35. The van der Waals surface area contributed by atoms with Gasteiger partial charge in [0.15, 0.2) is 0 Å². The van der Waals surface area contributed by atoms with Crippen LogP contribution < -0.4 is 15.0 Å². The Morgan fingerprint density at radius 3 is 2.59 bits per heavy atom. The number of aryl methyl sites for hydroxylation is 1. The van der Waals surface area contributed by atoms with Crippen molar-refractivity contribution in [3.8, 4) is 5.75 Å². The van der Waals surface area contributed by atoms with Crippen LogP contribution in [0.25, 0.3) is 6.08 Å². The van der Waals surface area contributed by atoms with E-state index in [9.17, 15) is 9.59 Å². The number of hydrogen-bond donors (Lipinski definition) is 1. The predicted molar refractivity (Wildman–Crippen MR) is 129 cm³/mol. The molecule has 0 fully saturated rings. The molecule has 1 aliphatic rings. The van der Waals surface area contributed by atoms with E-state index in [0.29, 0.717) is 17.0 Å². The van der Waals surface area contributed by atoms with Crippen LogP contribution in [0.1, 0.15) is 27.0 Å². The maximum Gasteiger partial charge on any atom is 0.264 e. The second-order valence-corrected chi connectivity index (χ2v) is 8.69. The summed E-state index contributed by atoms with van der Waals surface area (Å²) in [6.07, 6.45) is 1.91. The minimum Gasteiger partial charge on any atom is -0.497 e. The summed E-state index contributed by atoms with van der Waals surface area (Å²) in [5, 5.41) is 2.93. The van der Waals surface area contributed by atoms with Crippen LogP contribution in [0.5, 0.6) is 5.75 Å². The van der Waals surface area contributed by atoms with E-state index in [0.717, 1.165) is 33.0 Å². The topological polar surface area (TPSA) is 58.6 Å². The fourth-order valence-electron chi connectivity index (χ4n) is 3.47. The predicted octanol–water partition coefficient (Wildman–Crippen LogP) is 5.04. The standard InChI is InChI=1S/C26H24N2O3S/c1-17-5-4-6-19(13-17)14-24-26(30)28(2)22-15-20(9-12-23(22)32-24)25(29)27-16-18-7-10-21(31-3)11-8-18/h4-15H,16H2,1-3H3,(H,27,29)/b24-14-. The number of anilines is 1. The van der Waals surface area contributed by atoms with E-state index >= 15 is 0 Å². The minimum atomic E-state index is -0.185. The summed E-state index contributed by atoms with van der Waals surface area (Å²) in [5.74, 6) is 0.506. The Labute approximate surface area is 192 Å². The Balaban J connectivity index is 1.50. The molecule has 6 heteroatoms. The molecular weight excluding hydrogens is 420 g/mol. The van der Waals surface area contributed by atoms with Crippen LogP contribution >= 0.6 is 11.8 Å². The fraction of sp³-hybridized carbons (Fsp3) is 0.154. The van der Waals surface area contributed by atoms with Gasteiger partial charge in [-0.15, -0.1) is 0 Å². The van der Waals surface area contributed by atoms with Crippen molar-refractivity contribution in [1.82, 2.24) is 5.32 Å². The Hall–Kier alpha value is -3.51. The van der Waals surface area contributed by atoms with Gasteiger partial charge in [-0.05, 0) is 54.5 Å². The van der Waals surface area contributed by atoms with Crippen molar-refractivity contribution in [3.63, 3.8) is 0 Å². The Bertz CT molecular complexity index is 1200. The molecule has 0 spiro atoms. The molecule has 1 N–H and O–H groups in total. The number of fused-ring (bicyclic) bond motifs is 1. The number of amides is 2. The van der Waals surface area contributed by atoms with E-state index in [4.69, 9.17) is 4.74 Å². The molecule has 162 valence electrons. The molecule has 0 saturated carbocycles. The molecule has 0 atom stereocenters. The molecule has 2 amide bonds. The second kappa shape index (κ2) is 9.32. The number of hydrogen-bond acceptors (Lipinski definition) is 4. The summed E-state index contributed by atoms with van der Waals surface area (Å²) in [7, 11) is 3.36. The lowest BCUT2D eigenvalue weighted by atomic mass is 10.1. The Kier molecular flexibility index (Phi) is 6.32. The van der Waals surface area contributed by atoms with E-state index in [1.807, 2.05) is 67.6 Å². The first kappa shape index (κ1) is 21.7. The maximum atomic E-state index is 12.9. The molecule has 5 nitrogen and oxygen atoms in total. The van der Waals surface area contributed by atoms with Gasteiger partial charge in [0.05, 0.1) is 17.7 Å². The number of methoxy groups -OCH3 is 1. The van der Waals surface area contributed by atoms with E-state index in [2.05, 4.69) is 5.32 Å². The molecular formula is C26H24N2O3S. The van der Waals surface area contributed by atoms with Gasteiger partial charge in [-0.25, -0.2) is 0 Å². The van der Waals surface area contributed by atoms with Crippen LogP contribution in [0.4, 0.5) is 5.69 Å². The molecule has 0 saturated heterocycles. The maximum absolute atomic E-state index is 12.9. The van der Waals surface area contributed by atoms with Gasteiger partial charge in [0.2, 0.25) is 0 Å². The SMILES string of the molecule is COc1ccc(CNC(=O)c2ccc3c(c2)N(C)C(=O)/C(=C/c2cccc(C)c2)S3)cc1. The van der Waals surface area contributed by atoms with Gasteiger partial charge in [0, 0.05) is 24.1 Å². The summed E-state index contributed by atoms with van der Waals surface area (Å²) < 4.78 is 5.16. The quantitative estimate of drug-likeness (QED) is 0.560. The lowest BCUT2D eigenvalue weighted by molar-refractivity contribution is -0.114. The van der Waals surface area contributed by atoms with E-state index < -0.39 is 0 Å². The average Bonchev–Trinajstić information content (AvgIpc) is 2.81. The van der Waals surface area contributed by atoms with E-state index in [1.54, 1.807) is 31.2 Å². The van der Waals surface area contributed by atoms with Crippen LogP contribution in [0.2, 0.25) is 0 Å². The van der Waals surface area contributed by atoms with Gasteiger partial charge in [-0.2, -0.15) is 0 Å². The zero-order valence-electron chi connectivity index (χ0n) is 18.2. The smallest absolute Gasteiger partial charge is 0.264 e. The van der Waals surface area contributed by atoms with Crippen molar-refractivity contribution < 1.29 is 14.3 Å². The van der Waals surface area contributed by atoms with Crippen molar-refractivity contribution in [2.24, 2.45) is 0 Å². The zero-order valence-corrected chi connectivity index (χ0v) is 19.0. The molecule has 32 heavy (non-hydrogen) atoms. The van der Waals surface area contributed by atoms with Gasteiger partial charge < -0.3 is 15.0 Å². The lowest BCUT2D eigenvalue weighted by Gasteiger charge is -2.27. The van der Waals surface area contributed by atoms with Crippen LogP contribution in [0.3, 0.4) is 0 Å². The first-order valence-corrected chi connectivity index (χ1v) is 11.1. The molecule has 0 aromatic heterocycles. The van der Waals surface area contributed by atoms with Gasteiger partial charge in [0.25, 0.3) is 11.8 Å². The number of benzene rings is 3. The summed E-state index contributed by atoms with van der Waals surface area (Å²) in [6.45, 7) is 2.44. The summed E-state index contributed by atoms with van der Waals surface area (Å²) in [6, 6.07) is 21.1. The second-order valence-electron chi connectivity index (χ2n) is 7.60. The number of nitrogens with one attached hydrogen (secondary N) is 1. The minimum absolute atomic E-state index is 0.0835. The molecule has 0 unspecified atom stereocenters. The average molecular weight is 445 g/mol. The van der Waals surface area contributed by atoms with Crippen molar-refractivity contribution in [3.05, 3.63) is 93.9 Å². The van der Waals surface area contributed by atoms with Crippen LogP contribution in [0.15, 0.2) is 76.5 Å². The van der Waals surface area contributed by atoms with Crippen molar-refractivity contribution in [2.45, 2.75) is 18.4 Å². The third kappa shape index (κ3) is 4.70. The summed E-state index contributed by atoms with van der Waals surface area (Å²) >= 11 is 1.43. The Morgan fingerprint density at radius 2 is 1.88 bits per heavy atom. The highest BCUT2D eigenvalue weighted by Gasteiger charge is 2.27. The number of nitrogens with zero attached hydrogens (tertiary/aromatic N) is 1. The van der Waals surface area contributed by atoms with Crippen LogP contribution in [-0.4, -0.2) is 26.0 Å². The largest absolute Gasteiger partial charge is 0.497 e. The number of ether oxygens (including phenoxy) is 1. The molecule has 1 heterocycles. The number of likely N-dealkylation sites (N-methyl/N-ethyl adjacent to an activating group) is 1. The van der Waals surface area contributed by atoms with E-state index in [1.165, 1.54) is 11.8 Å². The molecule has 0 aliphatic carbocycles. The van der Waals surface area contributed by atoms with Crippen LogP contribution in [0, 0.1) is 6.92 Å². The number of thioether (sulfide) groups is 1. The molecule has 3 aromatic carbocycles. The van der Waals surface area contributed by atoms with Crippen molar-refractivity contribution >= 4 is 35.3 Å². The highest BCUT2D eigenvalue weighted by Crippen LogP contribution is 2.42. The van der Waals surface area contributed by atoms with Crippen molar-refractivity contribution in [1.29, 1.82) is 0 Å². The first-order chi connectivity index (χ1) is 15.4. The molecule has 3 aromatic rings. The zero-order chi connectivity index (χ0) is 22.7. The van der Waals surface area contributed by atoms with Crippen LogP contribution in [-0.2, 0) is 11.3 Å². The number of carbonyl (C=O) groups excluding carboxylic acids is 2. The third-order valence-electron chi connectivity index (χ3n) is 5.27. The highest BCUT2D eigenvalue weighted by molar-refractivity contribution is 8.04. The fourth-order valence-corrected chi connectivity index (χ4v) is 4.57. The molecule has 0 bridgehead atoms. The molecule has 4 rings (SSSR count). The van der Waals surface area contributed by atoms with Gasteiger partial charge in [0.1, 0.15) is 5.75 Å². The molecule has 1 aliphatic heterocycles.